The summed E-state index contributed by atoms with van der Waals surface area (Å²) in [4.78, 5) is 4.19. The van der Waals surface area contributed by atoms with E-state index < -0.39 is 0 Å². The minimum Gasteiger partial charge on any atom is -0.369 e. The van der Waals surface area contributed by atoms with Crippen LogP contribution >= 0.6 is 23.2 Å². The average Bonchev–Trinajstić information content (AvgIpc) is 2.31. The van der Waals surface area contributed by atoms with Crippen LogP contribution in [0.1, 0.15) is 39.5 Å². The summed E-state index contributed by atoms with van der Waals surface area (Å²) in [6.45, 7) is 5.36. The zero-order valence-corrected chi connectivity index (χ0v) is 12.0. The zero-order chi connectivity index (χ0) is 12.7. The van der Waals surface area contributed by atoms with E-state index in [0.717, 1.165) is 12.4 Å². The molecule has 0 amide bonds. The highest BCUT2D eigenvalue weighted by atomic mass is 35.5. The minimum absolute atomic E-state index is 0.568. The number of hydrogen-bond acceptors (Lipinski definition) is 2. The van der Waals surface area contributed by atoms with Crippen molar-refractivity contribution < 1.29 is 0 Å². The maximum absolute atomic E-state index is 6.05. The minimum atomic E-state index is 0.568. The second-order valence-corrected chi connectivity index (χ2v) is 5.13. The molecule has 0 spiro atoms. The van der Waals surface area contributed by atoms with Crippen molar-refractivity contribution >= 4 is 29.0 Å². The fourth-order valence-electron chi connectivity index (χ4n) is 1.73. The molecule has 2 nitrogen and oxygen atoms in total. The number of hydrogen-bond donors (Lipinski definition) is 1. The van der Waals surface area contributed by atoms with E-state index in [1.807, 2.05) is 0 Å². The number of nitrogens with one attached hydrogen (secondary N) is 1. The van der Waals surface area contributed by atoms with Gasteiger partial charge in [-0.15, -0.1) is 0 Å². The molecule has 1 atom stereocenters. The topological polar surface area (TPSA) is 24.9 Å². The normalized spacial score (nSPS) is 12.5. The molecular formula is C13H20Cl2N2. The molecular weight excluding hydrogens is 255 g/mol. The number of nitrogens with zero attached hydrogens (tertiary/aromatic N) is 1. The van der Waals surface area contributed by atoms with Crippen LogP contribution in [0.3, 0.4) is 0 Å². The first-order chi connectivity index (χ1) is 8.17. The van der Waals surface area contributed by atoms with Crippen LogP contribution < -0.4 is 5.32 Å². The Morgan fingerprint density at radius 3 is 2.71 bits per heavy atom. The van der Waals surface area contributed by atoms with Crippen molar-refractivity contribution in [1.82, 2.24) is 4.98 Å². The molecule has 0 aliphatic carbocycles. The molecule has 0 saturated heterocycles. The monoisotopic (exact) mass is 274 g/mol. The van der Waals surface area contributed by atoms with Crippen LogP contribution in [-0.2, 0) is 0 Å². The molecule has 0 aromatic carbocycles. The third-order valence-corrected chi connectivity index (χ3v) is 3.40. The Kier molecular flexibility index (Phi) is 6.68. The van der Waals surface area contributed by atoms with Gasteiger partial charge in [-0.1, -0.05) is 56.3 Å². The Bertz CT molecular complexity index is 342. The first-order valence-electron chi connectivity index (χ1n) is 6.22. The standard InChI is InChI=1S/C13H20Cl2N2/c1-3-5-6-10(4-2)8-16-13-12(15)7-11(14)9-17-13/h7,9-10H,3-6,8H2,1-2H3,(H,16,17). The lowest BCUT2D eigenvalue weighted by Gasteiger charge is -2.16. The van der Waals surface area contributed by atoms with Gasteiger partial charge >= 0.3 is 0 Å². The molecule has 0 saturated carbocycles. The van der Waals surface area contributed by atoms with Crippen LogP contribution in [0.2, 0.25) is 10.0 Å². The van der Waals surface area contributed by atoms with Gasteiger partial charge in [-0.3, -0.25) is 0 Å². The number of rotatable bonds is 7. The van der Waals surface area contributed by atoms with Gasteiger partial charge < -0.3 is 5.32 Å². The lowest BCUT2D eigenvalue weighted by molar-refractivity contribution is 0.472. The SMILES string of the molecule is CCCCC(CC)CNc1ncc(Cl)cc1Cl. The van der Waals surface area contributed by atoms with Gasteiger partial charge in [-0.25, -0.2) is 4.98 Å². The Morgan fingerprint density at radius 1 is 1.35 bits per heavy atom. The zero-order valence-electron chi connectivity index (χ0n) is 10.5. The largest absolute Gasteiger partial charge is 0.369 e. The fraction of sp³-hybridized carbons (Fsp3) is 0.615. The summed E-state index contributed by atoms with van der Waals surface area (Å²) < 4.78 is 0. The van der Waals surface area contributed by atoms with Gasteiger partial charge in [-0.2, -0.15) is 0 Å². The van der Waals surface area contributed by atoms with Gasteiger partial charge in [0.2, 0.25) is 0 Å². The van der Waals surface area contributed by atoms with Crippen molar-refractivity contribution in [2.24, 2.45) is 5.92 Å². The maximum atomic E-state index is 6.05. The lowest BCUT2D eigenvalue weighted by atomic mass is 9.99. The van der Waals surface area contributed by atoms with E-state index in [9.17, 15) is 0 Å². The molecule has 0 aliphatic rings. The van der Waals surface area contributed by atoms with Crippen molar-refractivity contribution in [2.75, 3.05) is 11.9 Å². The van der Waals surface area contributed by atoms with Gasteiger partial charge in [0.05, 0.1) is 10.0 Å². The van der Waals surface area contributed by atoms with Crippen molar-refractivity contribution in [3.63, 3.8) is 0 Å². The molecule has 1 unspecified atom stereocenters. The van der Waals surface area contributed by atoms with E-state index in [1.54, 1.807) is 12.3 Å². The highest BCUT2D eigenvalue weighted by Gasteiger charge is 2.08. The molecule has 0 fully saturated rings. The van der Waals surface area contributed by atoms with Crippen LogP contribution in [0.15, 0.2) is 12.3 Å². The van der Waals surface area contributed by atoms with Gasteiger partial charge in [0.15, 0.2) is 0 Å². The van der Waals surface area contributed by atoms with E-state index in [4.69, 9.17) is 23.2 Å². The van der Waals surface area contributed by atoms with Gasteiger partial charge in [0.25, 0.3) is 0 Å². The van der Waals surface area contributed by atoms with E-state index in [0.29, 0.717) is 16.0 Å². The maximum Gasteiger partial charge on any atom is 0.144 e. The molecule has 1 N–H and O–H groups in total. The van der Waals surface area contributed by atoms with Gasteiger partial charge in [0.1, 0.15) is 5.82 Å². The van der Waals surface area contributed by atoms with Crippen LogP contribution in [0.25, 0.3) is 0 Å². The molecule has 1 heterocycles. The summed E-state index contributed by atoms with van der Waals surface area (Å²) in [5, 5.41) is 4.45. The van der Waals surface area contributed by atoms with E-state index >= 15 is 0 Å². The van der Waals surface area contributed by atoms with Crippen molar-refractivity contribution in [3.8, 4) is 0 Å². The van der Waals surface area contributed by atoms with Crippen LogP contribution in [0.4, 0.5) is 5.82 Å². The van der Waals surface area contributed by atoms with Crippen LogP contribution in [0, 0.1) is 5.92 Å². The predicted octanol–water partition coefficient (Wildman–Crippen LogP) is 5.02. The van der Waals surface area contributed by atoms with Gasteiger partial charge in [-0.05, 0) is 18.4 Å². The van der Waals surface area contributed by atoms with Crippen molar-refractivity contribution in [1.29, 1.82) is 0 Å². The van der Waals surface area contributed by atoms with E-state index in [1.165, 1.54) is 25.7 Å². The molecule has 0 aliphatic heterocycles. The Balaban J connectivity index is 2.47. The molecule has 0 bridgehead atoms. The van der Waals surface area contributed by atoms with Crippen LogP contribution in [-0.4, -0.2) is 11.5 Å². The smallest absolute Gasteiger partial charge is 0.144 e. The molecule has 96 valence electrons. The highest BCUT2D eigenvalue weighted by Crippen LogP contribution is 2.23. The first-order valence-corrected chi connectivity index (χ1v) is 6.97. The van der Waals surface area contributed by atoms with E-state index in [2.05, 4.69) is 24.1 Å². The molecule has 1 aromatic rings. The molecule has 0 radical (unpaired) electrons. The second kappa shape index (κ2) is 7.78. The molecule has 1 aromatic heterocycles. The Labute approximate surface area is 114 Å². The summed E-state index contributed by atoms with van der Waals surface area (Å²) in [7, 11) is 0. The lowest BCUT2D eigenvalue weighted by Crippen LogP contribution is -2.14. The van der Waals surface area contributed by atoms with E-state index in [-0.39, 0.29) is 0 Å². The van der Waals surface area contributed by atoms with Crippen molar-refractivity contribution in [2.45, 2.75) is 39.5 Å². The number of unbranched alkanes of at least 4 members (excludes halogenated alkanes) is 1. The molecule has 4 heteroatoms. The van der Waals surface area contributed by atoms with Crippen LogP contribution in [0.5, 0.6) is 0 Å². The first kappa shape index (κ1) is 14.6. The summed E-state index contributed by atoms with van der Waals surface area (Å²) in [5.74, 6) is 1.41. The third kappa shape index (κ3) is 5.13. The fourth-order valence-corrected chi connectivity index (χ4v) is 2.18. The summed E-state index contributed by atoms with van der Waals surface area (Å²) in [6.07, 6.45) is 6.57. The molecule has 17 heavy (non-hydrogen) atoms. The quantitative estimate of drug-likeness (QED) is 0.756. The summed E-state index contributed by atoms with van der Waals surface area (Å²) >= 11 is 11.9. The predicted molar refractivity (Wildman–Crippen MR) is 76.1 cm³/mol. The van der Waals surface area contributed by atoms with Crippen molar-refractivity contribution in [3.05, 3.63) is 22.3 Å². The van der Waals surface area contributed by atoms with Gasteiger partial charge in [0, 0.05) is 12.7 Å². The third-order valence-electron chi connectivity index (χ3n) is 2.91. The Hall–Kier alpha value is -0.470. The average molecular weight is 275 g/mol. The summed E-state index contributed by atoms with van der Waals surface area (Å²) in [6, 6.07) is 1.71. The number of pyridine rings is 1. The number of aromatic nitrogens is 1. The Morgan fingerprint density at radius 2 is 2.12 bits per heavy atom. The number of halogens is 2. The second-order valence-electron chi connectivity index (χ2n) is 4.28. The summed E-state index contributed by atoms with van der Waals surface area (Å²) in [5.41, 5.74) is 0. The number of anilines is 1. The molecule has 1 rings (SSSR count). The highest BCUT2D eigenvalue weighted by molar-refractivity contribution is 6.35.